The third-order valence-electron chi connectivity index (χ3n) is 4.17. The number of nitrogens with two attached hydrogens (primary N) is 1. The first kappa shape index (κ1) is 14.1. The van der Waals surface area contributed by atoms with Crippen LogP contribution in [0.25, 0.3) is 0 Å². The summed E-state index contributed by atoms with van der Waals surface area (Å²) in [6.07, 6.45) is 5.19. The largest absolute Gasteiger partial charge is 0.336 e. The number of nitrogens with zero attached hydrogens (tertiary/aromatic N) is 3. The Morgan fingerprint density at radius 3 is 2.84 bits per heavy atom. The molecule has 5 nitrogen and oxygen atoms in total. The first-order chi connectivity index (χ1) is 9.08. The summed E-state index contributed by atoms with van der Waals surface area (Å²) in [4.78, 5) is 14.7. The minimum Gasteiger partial charge on any atom is -0.336 e. The summed E-state index contributed by atoms with van der Waals surface area (Å²) in [6.45, 7) is 5.32. The van der Waals surface area contributed by atoms with E-state index >= 15 is 0 Å². The first-order valence-corrected chi connectivity index (χ1v) is 7.09. The van der Waals surface area contributed by atoms with Gasteiger partial charge in [0.2, 0.25) is 0 Å². The van der Waals surface area contributed by atoms with Crippen LogP contribution in [0, 0.1) is 12.8 Å². The van der Waals surface area contributed by atoms with Gasteiger partial charge in [-0.05, 0) is 39.2 Å². The molecule has 1 saturated carbocycles. The van der Waals surface area contributed by atoms with E-state index < -0.39 is 0 Å². The molecule has 0 aromatic carbocycles. The van der Waals surface area contributed by atoms with Gasteiger partial charge in [0.25, 0.3) is 5.91 Å². The summed E-state index contributed by atoms with van der Waals surface area (Å²) >= 11 is 0. The van der Waals surface area contributed by atoms with E-state index in [9.17, 15) is 4.79 Å². The Bertz CT molecular complexity index is 454. The molecule has 5 heteroatoms. The van der Waals surface area contributed by atoms with Crippen molar-refractivity contribution in [2.24, 2.45) is 18.7 Å². The van der Waals surface area contributed by atoms with Crippen LogP contribution in [0.2, 0.25) is 0 Å². The lowest BCUT2D eigenvalue weighted by molar-refractivity contribution is 0.0651. The van der Waals surface area contributed by atoms with Crippen molar-refractivity contribution in [1.29, 1.82) is 0 Å². The topological polar surface area (TPSA) is 64.2 Å². The van der Waals surface area contributed by atoms with Crippen molar-refractivity contribution in [3.8, 4) is 0 Å². The molecule has 0 spiro atoms. The maximum atomic E-state index is 12.7. The van der Waals surface area contributed by atoms with E-state index in [-0.39, 0.29) is 5.91 Å². The number of carbonyl (C=O) groups is 1. The summed E-state index contributed by atoms with van der Waals surface area (Å²) in [5.74, 6) is 0.541. The molecular weight excluding hydrogens is 240 g/mol. The van der Waals surface area contributed by atoms with Crippen LogP contribution in [0.3, 0.4) is 0 Å². The van der Waals surface area contributed by atoms with Gasteiger partial charge in [-0.2, -0.15) is 5.10 Å². The van der Waals surface area contributed by atoms with Crippen LogP contribution in [0.15, 0.2) is 6.20 Å². The fourth-order valence-corrected chi connectivity index (χ4v) is 3.20. The van der Waals surface area contributed by atoms with Crippen LogP contribution < -0.4 is 5.73 Å². The lowest BCUT2D eigenvalue weighted by Crippen LogP contribution is -2.44. The quantitative estimate of drug-likeness (QED) is 0.892. The van der Waals surface area contributed by atoms with Crippen molar-refractivity contribution < 1.29 is 4.79 Å². The average molecular weight is 264 g/mol. The van der Waals surface area contributed by atoms with Crippen molar-refractivity contribution in [1.82, 2.24) is 14.7 Å². The first-order valence-electron chi connectivity index (χ1n) is 7.09. The molecule has 0 saturated heterocycles. The van der Waals surface area contributed by atoms with E-state index in [0.717, 1.165) is 25.1 Å². The van der Waals surface area contributed by atoms with Crippen molar-refractivity contribution in [3.63, 3.8) is 0 Å². The zero-order valence-electron chi connectivity index (χ0n) is 12.1. The number of rotatable bonds is 4. The minimum absolute atomic E-state index is 0.0958. The van der Waals surface area contributed by atoms with E-state index in [2.05, 4.69) is 5.10 Å². The van der Waals surface area contributed by atoms with Crippen molar-refractivity contribution >= 4 is 5.91 Å². The molecule has 1 heterocycles. The van der Waals surface area contributed by atoms with Crippen molar-refractivity contribution in [3.05, 3.63) is 17.5 Å². The number of aromatic nitrogens is 2. The fraction of sp³-hybridized carbons (Fsp3) is 0.714. The number of hydrogen-bond donors (Lipinski definition) is 1. The Balaban J connectivity index is 2.22. The molecule has 2 unspecified atom stereocenters. The van der Waals surface area contributed by atoms with Gasteiger partial charge in [-0.3, -0.25) is 9.48 Å². The molecule has 1 aromatic rings. The van der Waals surface area contributed by atoms with Gasteiger partial charge < -0.3 is 10.6 Å². The molecule has 0 aliphatic heterocycles. The molecule has 2 rings (SSSR count). The monoisotopic (exact) mass is 264 g/mol. The summed E-state index contributed by atoms with van der Waals surface area (Å²) < 4.78 is 1.70. The van der Waals surface area contributed by atoms with Gasteiger partial charge in [0.15, 0.2) is 0 Å². The van der Waals surface area contributed by atoms with Crippen LogP contribution in [-0.2, 0) is 7.05 Å². The zero-order chi connectivity index (χ0) is 14.0. The van der Waals surface area contributed by atoms with E-state index in [1.807, 2.05) is 32.0 Å². The number of hydrogen-bond acceptors (Lipinski definition) is 3. The van der Waals surface area contributed by atoms with Gasteiger partial charge in [0.05, 0.1) is 11.3 Å². The Morgan fingerprint density at radius 2 is 2.32 bits per heavy atom. The van der Waals surface area contributed by atoms with Gasteiger partial charge in [-0.25, -0.2) is 0 Å². The summed E-state index contributed by atoms with van der Waals surface area (Å²) in [5, 5.41) is 4.26. The third kappa shape index (κ3) is 2.66. The minimum atomic E-state index is 0.0958. The molecule has 1 amide bonds. The van der Waals surface area contributed by atoms with Gasteiger partial charge in [-0.1, -0.05) is 6.42 Å². The van der Waals surface area contributed by atoms with Crippen molar-refractivity contribution in [2.45, 2.75) is 39.2 Å². The van der Waals surface area contributed by atoms with Crippen LogP contribution in [0.5, 0.6) is 0 Å². The van der Waals surface area contributed by atoms with Gasteiger partial charge in [-0.15, -0.1) is 0 Å². The molecular formula is C14H24N4O. The highest BCUT2D eigenvalue weighted by Crippen LogP contribution is 2.30. The Kier molecular flexibility index (Phi) is 4.24. The molecule has 1 aromatic heterocycles. The highest BCUT2D eigenvalue weighted by atomic mass is 16.2. The lowest BCUT2D eigenvalue weighted by atomic mass is 10.0. The molecule has 19 heavy (non-hydrogen) atoms. The average Bonchev–Trinajstić information content (AvgIpc) is 2.96. The molecule has 0 radical (unpaired) electrons. The molecule has 1 fully saturated rings. The summed E-state index contributed by atoms with van der Waals surface area (Å²) in [5.41, 5.74) is 7.35. The molecule has 2 N–H and O–H groups in total. The maximum absolute atomic E-state index is 12.7. The fourth-order valence-electron chi connectivity index (χ4n) is 3.20. The van der Waals surface area contributed by atoms with Gasteiger partial charge >= 0.3 is 0 Å². The second-order valence-corrected chi connectivity index (χ2v) is 5.39. The van der Waals surface area contributed by atoms with E-state index in [4.69, 9.17) is 5.73 Å². The van der Waals surface area contributed by atoms with Crippen LogP contribution in [-0.4, -0.2) is 39.7 Å². The smallest absolute Gasteiger partial charge is 0.257 e. The predicted octanol–water partition coefficient (Wildman–Crippen LogP) is 1.32. The number of carbonyl (C=O) groups excluding carboxylic acids is 1. The number of aryl methyl sites for hydroxylation is 2. The highest BCUT2D eigenvalue weighted by Gasteiger charge is 2.34. The molecule has 1 aliphatic carbocycles. The zero-order valence-corrected chi connectivity index (χ0v) is 12.1. The number of amides is 1. The Hall–Kier alpha value is -1.36. The second-order valence-electron chi connectivity index (χ2n) is 5.39. The van der Waals surface area contributed by atoms with E-state index in [1.165, 1.54) is 6.42 Å². The molecule has 2 atom stereocenters. The van der Waals surface area contributed by atoms with Gasteiger partial charge in [0.1, 0.15) is 0 Å². The van der Waals surface area contributed by atoms with Crippen LogP contribution in [0.1, 0.15) is 42.2 Å². The van der Waals surface area contributed by atoms with E-state index in [1.54, 1.807) is 4.68 Å². The van der Waals surface area contributed by atoms with Crippen LogP contribution in [0.4, 0.5) is 0 Å². The maximum Gasteiger partial charge on any atom is 0.257 e. The summed E-state index contributed by atoms with van der Waals surface area (Å²) in [7, 11) is 1.85. The molecule has 106 valence electrons. The second kappa shape index (κ2) is 5.74. The normalized spacial score (nSPS) is 22.7. The molecule has 0 bridgehead atoms. The predicted molar refractivity (Wildman–Crippen MR) is 74.8 cm³/mol. The standard InChI is InChI=1S/C14H24N4O/c1-4-18(13-7-5-6-11(13)8-15)14(19)12-9-17(3)16-10(12)2/h9,11,13H,4-8,15H2,1-3H3. The van der Waals surface area contributed by atoms with Gasteiger partial charge in [0, 0.05) is 25.8 Å². The van der Waals surface area contributed by atoms with Crippen LogP contribution >= 0.6 is 0 Å². The van der Waals surface area contributed by atoms with E-state index in [0.29, 0.717) is 24.1 Å². The third-order valence-corrected chi connectivity index (χ3v) is 4.17. The SMILES string of the molecule is CCN(C(=O)c1cn(C)nc1C)C1CCCC1CN. The molecule has 1 aliphatic rings. The lowest BCUT2D eigenvalue weighted by Gasteiger charge is -2.31. The Morgan fingerprint density at radius 1 is 1.58 bits per heavy atom. The summed E-state index contributed by atoms with van der Waals surface area (Å²) in [6, 6.07) is 0.294. The van der Waals surface area contributed by atoms with Crippen molar-refractivity contribution in [2.75, 3.05) is 13.1 Å². The Labute approximate surface area is 114 Å². The highest BCUT2D eigenvalue weighted by molar-refractivity contribution is 5.95.